The van der Waals surface area contributed by atoms with E-state index in [-0.39, 0.29) is 24.8 Å². The first kappa shape index (κ1) is 23.3. The summed E-state index contributed by atoms with van der Waals surface area (Å²) in [7, 11) is 5.01. The predicted octanol–water partition coefficient (Wildman–Crippen LogP) is 2.69. The smallest absolute Gasteiger partial charge is 0.338 e. The molecule has 0 unspecified atom stereocenters. The van der Waals surface area contributed by atoms with E-state index < -0.39 is 12.0 Å². The summed E-state index contributed by atoms with van der Waals surface area (Å²) in [6.07, 6.45) is 0.796. The molecule has 1 aliphatic rings. The van der Waals surface area contributed by atoms with E-state index in [9.17, 15) is 14.4 Å². The lowest BCUT2D eigenvalue weighted by Crippen LogP contribution is -2.40. The Labute approximate surface area is 187 Å². The van der Waals surface area contributed by atoms with Gasteiger partial charge in [-0.2, -0.15) is 0 Å². The molecule has 0 radical (unpaired) electrons. The summed E-state index contributed by atoms with van der Waals surface area (Å²) >= 11 is 0. The van der Waals surface area contributed by atoms with Crippen molar-refractivity contribution >= 4 is 23.5 Å². The van der Waals surface area contributed by atoms with Gasteiger partial charge in [-0.05, 0) is 62.4 Å². The molecule has 1 saturated heterocycles. The number of methoxy groups -OCH3 is 2. The first-order valence-corrected chi connectivity index (χ1v) is 10.4. The van der Waals surface area contributed by atoms with Gasteiger partial charge in [0.25, 0.3) is 5.91 Å². The molecule has 32 heavy (non-hydrogen) atoms. The molecule has 0 saturated carbocycles. The van der Waals surface area contributed by atoms with Gasteiger partial charge in [0.1, 0.15) is 0 Å². The second-order valence-electron chi connectivity index (χ2n) is 7.47. The zero-order valence-electron chi connectivity index (χ0n) is 18.8. The van der Waals surface area contributed by atoms with Gasteiger partial charge in [-0.15, -0.1) is 0 Å². The average molecular weight is 440 g/mol. The van der Waals surface area contributed by atoms with Crippen molar-refractivity contribution in [3.05, 3.63) is 53.6 Å². The van der Waals surface area contributed by atoms with Gasteiger partial charge in [-0.25, -0.2) is 9.69 Å². The van der Waals surface area contributed by atoms with Crippen LogP contribution in [0.4, 0.5) is 5.69 Å². The quantitative estimate of drug-likeness (QED) is 0.438. The lowest BCUT2D eigenvalue weighted by Gasteiger charge is -2.23. The van der Waals surface area contributed by atoms with Crippen molar-refractivity contribution in [1.29, 1.82) is 0 Å². The number of likely N-dealkylation sites (N-methyl/N-ethyl adjacent to an activating group) is 1. The molecule has 8 heteroatoms. The molecule has 0 spiro atoms. The largest absolute Gasteiger partial charge is 0.493 e. The maximum atomic E-state index is 13.0. The van der Waals surface area contributed by atoms with E-state index in [0.717, 1.165) is 5.56 Å². The van der Waals surface area contributed by atoms with Gasteiger partial charge >= 0.3 is 5.97 Å². The van der Waals surface area contributed by atoms with Crippen LogP contribution in [0.3, 0.4) is 0 Å². The maximum absolute atomic E-state index is 13.0. The van der Waals surface area contributed by atoms with Gasteiger partial charge in [0.15, 0.2) is 11.5 Å². The Hall–Kier alpha value is -3.39. The number of anilines is 1. The molecule has 0 aromatic heterocycles. The van der Waals surface area contributed by atoms with Crippen molar-refractivity contribution in [3.8, 4) is 11.5 Å². The number of hydrogen-bond acceptors (Lipinski definition) is 7. The molecular weight excluding hydrogens is 412 g/mol. The van der Waals surface area contributed by atoms with Crippen LogP contribution >= 0.6 is 0 Å². The van der Waals surface area contributed by atoms with Crippen molar-refractivity contribution in [1.82, 2.24) is 4.90 Å². The predicted molar refractivity (Wildman–Crippen MR) is 119 cm³/mol. The Morgan fingerprint density at radius 2 is 1.75 bits per heavy atom. The topological polar surface area (TPSA) is 85.4 Å². The fourth-order valence-electron chi connectivity index (χ4n) is 3.69. The van der Waals surface area contributed by atoms with Crippen LogP contribution in [0.15, 0.2) is 42.5 Å². The average Bonchev–Trinajstić information content (AvgIpc) is 3.11. The monoisotopic (exact) mass is 440 g/mol. The fourth-order valence-corrected chi connectivity index (χ4v) is 3.69. The number of amides is 2. The molecule has 2 aromatic carbocycles. The second kappa shape index (κ2) is 10.3. The molecule has 1 aliphatic heterocycles. The molecule has 0 aliphatic carbocycles. The van der Waals surface area contributed by atoms with Crippen molar-refractivity contribution in [2.75, 3.05) is 39.3 Å². The van der Waals surface area contributed by atoms with E-state index in [4.69, 9.17) is 14.2 Å². The minimum atomic E-state index is -0.535. The minimum Gasteiger partial charge on any atom is -0.493 e. The first-order valence-electron chi connectivity index (χ1n) is 10.4. The molecule has 8 nitrogen and oxygen atoms in total. The SMILES string of the molecule is CCOC(=O)c1ccc(N2C(=O)C[C@H](N(C)CCc3ccc(OC)c(OC)c3)C2=O)cc1. The van der Waals surface area contributed by atoms with Crippen LogP contribution in [0.25, 0.3) is 0 Å². The van der Waals surface area contributed by atoms with E-state index in [1.54, 1.807) is 45.4 Å². The second-order valence-corrected chi connectivity index (χ2v) is 7.47. The summed E-state index contributed by atoms with van der Waals surface area (Å²) in [5, 5.41) is 0. The highest BCUT2D eigenvalue weighted by Gasteiger charge is 2.41. The number of carbonyl (C=O) groups is 3. The molecule has 1 atom stereocenters. The van der Waals surface area contributed by atoms with Crippen molar-refractivity contribution in [3.63, 3.8) is 0 Å². The Morgan fingerprint density at radius 3 is 2.38 bits per heavy atom. The van der Waals surface area contributed by atoms with Crippen molar-refractivity contribution in [2.45, 2.75) is 25.8 Å². The van der Waals surface area contributed by atoms with Gasteiger partial charge in [0.2, 0.25) is 5.91 Å². The molecular formula is C24H28N2O6. The van der Waals surface area contributed by atoms with Crippen LogP contribution in [-0.2, 0) is 20.7 Å². The Kier molecular flexibility index (Phi) is 7.48. The normalized spacial score (nSPS) is 15.9. The maximum Gasteiger partial charge on any atom is 0.338 e. The Bertz CT molecular complexity index is 988. The Morgan fingerprint density at radius 1 is 1.06 bits per heavy atom. The third-order valence-electron chi connectivity index (χ3n) is 5.49. The zero-order chi connectivity index (χ0) is 23.3. The highest BCUT2D eigenvalue weighted by Crippen LogP contribution is 2.29. The van der Waals surface area contributed by atoms with Gasteiger partial charge in [-0.3, -0.25) is 14.5 Å². The van der Waals surface area contributed by atoms with Gasteiger partial charge in [-0.1, -0.05) is 6.07 Å². The standard InChI is InChI=1S/C24H28N2O6/c1-5-32-24(29)17-7-9-18(10-8-17)26-22(27)15-19(23(26)28)25(2)13-12-16-6-11-20(30-3)21(14-16)31-4/h6-11,14,19H,5,12-13,15H2,1-4H3/t19-/m0/s1. The Balaban J connectivity index is 1.65. The highest BCUT2D eigenvalue weighted by atomic mass is 16.5. The molecule has 0 bridgehead atoms. The van der Waals surface area contributed by atoms with Crippen molar-refractivity contribution < 1.29 is 28.6 Å². The van der Waals surface area contributed by atoms with E-state index in [1.165, 1.54) is 4.90 Å². The molecule has 1 heterocycles. The molecule has 0 N–H and O–H groups in total. The fraction of sp³-hybridized carbons (Fsp3) is 0.375. The van der Waals surface area contributed by atoms with Gasteiger partial charge in [0, 0.05) is 6.54 Å². The number of rotatable bonds is 9. The van der Waals surface area contributed by atoms with Crippen LogP contribution in [0.1, 0.15) is 29.3 Å². The van der Waals surface area contributed by atoms with Crippen LogP contribution in [-0.4, -0.2) is 63.1 Å². The lowest BCUT2D eigenvalue weighted by atomic mass is 10.1. The number of esters is 1. The van der Waals surface area contributed by atoms with Crippen LogP contribution in [0.2, 0.25) is 0 Å². The summed E-state index contributed by atoms with van der Waals surface area (Å²) < 4.78 is 15.6. The number of nitrogens with zero attached hydrogens (tertiary/aromatic N) is 2. The van der Waals surface area contributed by atoms with Crippen LogP contribution in [0, 0.1) is 0 Å². The molecule has 3 rings (SSSR count). The summed E-state index contributed by atoms with van der Waals surface area (Å²) in [6.45, 7) is 2.60. The highest BCUT2D eigenvalue weighted by molar-refractivity contribution is 6.22. The van der Waals surface area contributed by atoms with Gasteiger partial charge < -0.3 is 14.2 Å². The van der Waals surface area contributed by atoms with Crippen LogP contribution < -0.4 is 14.4 Å². The zero-order valence-corrected chi connectivity index (χ0v) is 18.8. The summed E-state index contributed by atoms with van der Waals surface area (Å²) in [6, 6.07) is 11.5. The van der Waals surface area contributed by atoms with E-state index in [0.29, 0.717) is 35.7 Å². The number of carbonyl (C=O) groups excluding carboxylic acids is 3. The third kappa shape index (κ3) is 4.91. The number of hydrogen-bond donors (Lipinski definition) is 0. The third-order valence-corrected chi connectivity index (χ3v) is 5.49. The summed E-state index contributed by atoms with van der Waals surface area (Å²) in [5.41, 5.74) is 1.86. The molecule has 1 fully saturated rings. The number of benzene rings is 2. The van der Waals surface area contributed by atoms with Crippen LogP contribution in [0.5, 0.6) is 11.5 Å². The van der Waals surface area contributed by atoms with Gasteiger partial charge in [0.05, 0.1) is 44.5 Å². The van der Waals surface area contributed by atoms with E-state index >= 15 is 0 Å². The first-order chi connectivity index (χ1) is 15.4. The molecule has 170 valence electrons. The summed E-state index contributed by atoms with van der Waals surface area (Å²) in [5.74, 6) is 0.337. The number of ether oxygens (including phenoxy) is 3. The summed E-state index contributed by atoms with van der Waals surface area (Å²) in [4.78, 5) is 40.5. The molecule has 2 amide bonds. The van der Waals surface area contributed by atoms with E-state index in [1.807, 2.05) is 30.1 Å². The van der Waals surface area contributed by atoms with E-state index in [2.05, 4.69) is 0 Å². The minimum absolute atomic E-state index is 0.112. The van der Waals surface area contributed by atoms with Crippen molar-refractivity contribution in [2.24, 2.45) is 0 Å². The number of imide groups is 1. The molecule has 2 aromatic rings. The lowest BCUT2D eigenvalue weighted by molar-refractivity contribution is -0.122.